The molecule has 1 saturated heterocycles. The van der Waals surface area contributed by atoms with Gasteiger partial charge in [-0.2, -0.15) is 0 Å². The molecular formula is C17H22N2O3. The number of carbonyl (C=O) groups excluding carboxylic acids is 3. The molecule has 0 saturated carbocycles. The Kier molecular flexibility index (Phi) is 4.96. The van der Waals surface area contributed by atoms with Gasteiger partial charge < -0.3 is 4.90 Å². The molecule has 0 aliphatic carbocycles. The van der Waals surface area contributed by atoms with E-state index in [1.54, 1.807) is 11.0 Å². The zero-order valence-corrected chi connectivity index (χ0v) is 13.3. The van der Waals surface area contributed by atoms with Gasteiger partial charge in [0.15, 0.2) is 0 Å². The number of nitrogens with one attached hydrogen (secondary N) is 1. The van der Waals surface area contributed by atoms with E-state index in [0.29, 0.717) is 18.5 Å². The summed E-state index contributed by atoms with van der Waals surface area (Å²) in [6.45, 7) is 6.67. The number of piperidine rings is 1. The second-order valence-corrected chi connectivity index (χ2v) is 5.77. The van der Waals surface area contributed by atoms with E-state index in [0.717, 1.165) is 11.1 Å². The third kappa shape index (κ3) is 3.18. The van der Waals surface area contributed by atoms with Crippen LogP contribution in [0.3, 0.4) is 0 Å². The molecule has 1 fully saturated rings. The molecular weight excluding hydrogens is 280 g/mol. The predicted octanol–water partition coefficient (Wildman–Crippen LogP) is 2.17. The molecule has 22 heavy (non-hydrogen) atoms. The fourth-order valence-electron chi connectivity index (χ4n) is 2.70. The topological polar surface area (TPSA) is 66.5 Å². The first-order valence-electron chi connectivity index (χ1n) is 7.72. The van der Waals surface area contributed by atoms with Crippen molar-refractivity contribution in [3.8, 4) is 0 Å². The van der Waals surface area contributed by atoms with Crippen molar-refractivity contribution in [2.45, 2.75) is 52.6 Å². The average Bonchev–Trinajstić information content (AvgIpc) is 2.76. The van der Waals surface area contributed by atoms with E-state index in [2.05, 4.69) is 19.2 Å². The lowest BCUT2D eigenvalue weighted by Crippen LogP contribution is -2.52. The minimum absolute atomic E-state index is 0.121. The van der Waals surface area contributed by atoms with Gasteiger partial charge >= 0.3 is 0 Å². The van der Waals surface area contributed by atoms with Crippen molar-refractivity contribution in [1.82, 2.24) is 10.2 Å². The summed E-state index contributed by atoms with van der Waals surface area (Å²) in [6.07, 6.45) is 1.94. The standard InChI is InChI=1S/C14H14N2O3.C3H8/c1-8-2-3-10-9(6-8)7-16(14(10)19)11-4-5-12(17)15-13(11)18;1-3-2/h2-3,6,11H,4-5,7H2,1H3,(H,15,17,18);3H2,1-2H3. The molecule has 1 atom stereocenters. The van der Waals surface area contributed by atoms with Crippen molar-refractivity contribution in [2.75, 3.05) is 0 Å². The Morgan fingerprint density at radius 1 is 1.23 bits per heavy atom. The number of amides is 3. The number of carbonyl (C=O) groups is 3. The molecule has 3 rings (SSSR count). The molecule has 2 aliphatic rings. The highest BCUT2D eigenvalue weighted by Crippen LogP contribution is 2.27. The Labute approximate surface area is 130 Å². The fraction of sp³-hybridized carbons (Fsp3) is 0.471. The fourth-order valence-corrected chi connectivity index (χ4v) is 2.70. The lowest BCUT2D eigenvalue weighted by molar-refractivity contribution is -0.136. The second kappa shape index (κ2) is 6.73. The van der Waals surface area contributed by atoms with E-state index in [-0.39, 0.29) is 24.1 Å². The normalized spacial score (nSPS) is 20.2. The van der Waals surface area contributed by atoms with E-state index in [1.165, 1.54) is 6.42 Å². The molecule has 2 heterocycles. The van der Waals surface area contributed by atoms with Gasteiger partial charge in [0.05, 0.1) is 0 Å². The number of hydrogen-bond donors (Lipinski definition) is 1. The Hall–Kier alpha value is -2.17. The summed E-state index contributed by atoms with van der Waals surface area (Å²) in [5.41, 5.74) is 2.71. The summed E-state index contributed by atoms with van der Waals surface area (Å²) in [6, 6.07) is 5.14. The van der Waals surface area contributed by atoms with Gasteiger partial charge in [-0.25, -0.2) is 0 Å². The Bertz CT molecular complexity index is 610. The number of aryl methyl sites for hydroxylation is 1. The van der Waals surface area contributed by atoms with Gasteiger partial charge in [0.25, 0.3) is 5.91 Å². The van der Waals surface area contributed by atoms with Crippen LogP contribution in [0.25, 0.3) is 0 Å². The van der Waals surface area contributed by atoms with Crippen molar-refractivity contribution in [2.24, 2.45) is 0 Å². The third-order valence-corrected chi connectivity index (χ3v) is 3.68. The Balaban J connectivity index is 0.000000545. The van der Waals surface area contributed by atoms with E-state index >= 15 is 0 Å². The maximum absolute atomic E-state index is 12.3. The molecule has 5 nitrogen and oxygen atoms in total. The summed E-state index contributed by atoms with van der Waals surface area (Å²) in [5.74, 6) is -0.750. The van der Waals surface area contributed by atoms with Gasteiger partial charge in [-0.3, -0.25) is 19.7 Å². The lowest BCUT2D eigenvalue weighted by Gasteiger charge is -2.29. The molecule has 118 valence electrons. The number of hydrogen-bond acceptors (Lipinski definition) is 3. The third-order valence-electron chi connectivity index (χ3n) is 3.68. The first kappa shape index (κ1) is 16.2. The van der Waals surface area contributed by atoms with E-state index in [4.69, 9.17) is 0 Å². The molecule has 0 radical (unpaired) electrons. The van der Waals surface area contributed by atoms with Crippen LogP contribution in [0.15, 0.2) is 18.2 Å². The van der Waals surface area contributed by atoms with Crippen LogP contribution in [-0.2, 0) is 16.1 Å². The van der Waals surface area contributed by atoms with Crippen LogP contribution in [0.1, 0.15) is 54.6 Å². The second-order valence-electron chi connectivity index (χ2n) is 5.77. The van der Waals surface area contributed by atoms with Crippen molar-refractivity contribution in [3.63, 3.8) is 0 Å². The van der Waals surface area contributed by atoms with Crippen LogP contribution in [0, 0.1) is 6.92 Å². The number of benzene rings is 1. The van der Waals surface area contributed by atoms with Crippen LogP contribution in [-0.4, -0.2) is 28.7 Å². The highest BCUT2D eigenvalue weighted by Gasteiger charge is 2.38. The van der Waals surface area contributed by atoms with Gasteiger partial charge in [-0.1, -0.05) is 38.0 Å². The molecule has 0 bridgehead atoms. The highest BCUT2D eigenvalue weighted by molar-refractivity contribution is 6.05. The maximum atomic E-state index is 12.3. The quantitative estimate of drug-likeness (QED) is 0.809. The molecule has 1 unspecified atom stereocenters. The molecule has 2 aliphatic heterocycles. The highest BCUT2D eigenvalue weighted by atomic mass is 16.2. The largest absolute Gasteiger partial charge is 0.322 e. The molecule has 0 spiro atoms. The summed E-state index contributed by atoms with van der Waals surface area (Å²) in [7, 11) is 0. The number of nitrogens with zero attached hydrogens (tertiary/aromatic N) is 1. The number of fused-ring (bicyclic) bond motifs is 1. The number of imide groups is 1. The van der Waals surface area contributed by atoms with Crippen molar-refractivity contribution >= 4 is 17.7 Å². The van der Waals surface area contributed by atoms with E-state index in [9.17, 15) is 14.4 Å². The first-order valence-corrected chi connectivity index (χ1v) is 7.72. The van der Waals surface area contributed by atoms with Crippen molar-refractivity contribution < 1.29 is 14.4 Å². The summed E-state index contributed by atoms with van der Waals surface area (Å²) < 4.78 is 0. The van der Waals surface area contributed by atoms with Crippen LogP contribution in [0.2, 0.25) is 0 Å². The Morgan fingerprint density at radius 3 is 2.55 bits per heavy atom. The maximum Gasteiger partial charge on any atom is 0.255 e. The minimum Gasteiger partial charge on any atom is -0.322 e. The van der Waals surface area contributed by atoms with Gasteiger partial charge in [-0.15, -0.1) is 0 Å². The molecule has 1 aromatic carbocycles. The molecule has 5 heteroatoms. The Morgan fingerprint density at radius 2 is 1.91 bits per heavy atom. The molecule has 3 amide bonds. The first-order chi connectivity index (χ1) is 10.5. The summed E-state index contributed by atoms with van der Waals surface area (Å²) >= 11 is 0. The monoisotopic (exact) mass is 302 g/mol. The minimum atomic E-state index is -0.530. The lowest BCUT2D eigenvalue weighted by atomic mass is 10.0. The summed E-state index contributed by atoms with van der Waals surface area (Å²) in [5, 5.41) is 2.29. The molecule has 1 N–H and O–H groups in total. The van der Waals surface area contributed by atoms with E-state index in [1.807, 2.05) is 19.1 Å². The van der Waals surface area contributed by atoms with Gasteiger partial charge in [-0.05, 0) is 25.0 Å². The molecule has 1 aromatic rings. The molecule has 0 aromatic heterocycles. The summed E-state index contributed by atoms with van der Waals surface area (Å²) in [4.78, 5) is 36.8. The predicted molar refractivity (Wildman–Crippen MR) is 83.2 cm³/mol. The van der Waals surface area contributed by atoms with Crippen LogP contribution >= 0.6 is 0 Å². The van der Waals surface area contributed by atoms with Crippen LogP contribution < -0.4 is 5.32 Å². The average molecular weight is 302 g/mol. The van der Waals surface area contributed by atoms with Crippen LogP contribution in [0.4, 0.5) is 0 Å². The van der Waals surface area contributed by atoms with Gasteiger partial charge in [0.1, 0.15) is 6.04 Å². The zero-order chi connectivity index (χ0) is 16.3. The smallest absolute Gasteiger partial charge is 0.255 e. The van der Waals surface area contributed by atoms with Crippen LogP contribution in [0.5, 0.6) is 0 Å². The van der Waals surface area contributed by atoms with Gasteiger partial charge in [0.2, 0.25) is 11.8 Å². The zero-order valence-electron chi connectivity index (χ0n) is 13.3. The van der Waals surface area contributed by atoms with E-state index < -0.39 is 6.04 Å². The number of rotatable bonds is 1. The SMILES string of the molecule is CCC.Cc1ccc2c(c1)CN(C1CCC(=O)NC1=O)C2=O. The van der Waals surface area contributed by atoms with Gasteiger partial charge in [0, 0.05) is 18.5 Å². The van der Waals surface area contributed by atoms with Crippen molar-refractivity contribution in [3.05, 3.63) is 34.9 Å². The van der Waals surface area contributed by atoms with Crippen molar-refractivity contribution in [1.29, 1.82) is 0 Å².